The monoisotopic (exact) mass is 522 g/mol. The number of aromatic nitrogens is 2. The third-order valence-electron chi connectivity index (χ3n) is 8.87. The molecular weight excluding hydrogens is 483 g/mol. The number of rotatable bonds is 5. The summed E-state index contributed by atoms with van der Waals surface area (Å²) in [6.07, 6.45) is 14.6. The zero-order valence-corrected chi connectivity index (χ0v) is 22.8. The molecule has 7 heteroatoms. The van der Waals surface area contributed by atoms with E-state index in [1.165, 1.54) is 50.1 Å². The minimum Gasteiger partial charge on any atom is -0.381 e. The molecular formula is C30H39FN4OS. The molecule has 2 aromatic heterocycles. The molecule has 3 saturated heterocycles. The van der Waals surface area contributed by atoms with Gasteiger partial charge in [0.2, 0.25) is 0 Å². The van der Waals surface area contributed by atoms with Gasteiger partial charge in [0.25, 0.3) is 0 Å². The molecule has 3 fully saturated rings. The Balaban J connectivity index is 1.09. The van der Waals surface area contributed by atoms with Crippen LogP contribution in [0.1, 0.15) is 56.4 Å². The molecule has 5 nitrogen and oxygen atoms in total. The first-order valence-electron chi connectivity index (χ1n) is 14.1. The Morgan fingerprint density at radius 3 is 2.32 bits per heavy atom. The molecule has 1 atom stereocenters. The number of benzene rings is 1. The van der Waals surface area contributed by atoms with Gasteiger partial charge in [0.15, 0.2) is 11.5 Å². The van der Waals surface area contributed by atoms with Gasteiger partial charge in [0, 0.05) is 48.2 Å². The van der Waals surface area contributed by atoms with Crippen molar-refractivity contribution in [2.45, 2.75) is 67.8 Å². The van der Waals surface area contributed by atoms with Gasteiger partial charge in [-0.1, -0.05) is 12.1 Å². The van der Waals surface area contributed by atoms with Crippen LogP contribution in [0.25, 0.3) is 16.9 Å². The summed E-state index contributed by atoms with van der Waals surface area (Å²) in [7, 11) is 0. The first kappa shape index (κ1) is 25.4. The Morgan fingerprint density at radius 1 is 0.865 bits per heavy atom. The van der Waals surface area contributed by atoms with E-state index in [0.29, 0.717) is 17.6 Å². The molecule has 6 rings (SSSR count). The Bertz CT molecular complexity index is 1180. The molecule has 3 aliphatic rings. The first-order valence-corrected chi connectivity index (χ1v) is 15.3. The second-order valence-electron chi connectivity index (χ2n) is 11.0. The lowest BCUT2D eigenvalue weighted by atomic mass is 9.89. The summed E-state index contributed by atoms with van der Waals surface area (Å²) in [5, 5.41) is 0. The summed E-state index contributed by atoms with van der Waals surface area (Å²) in [5.74, 6) is 0.190. The zero-order valence-electron chi connectivity index (χ0n) is 21.9. The van der Waals surface area contributed by atoms with Crippen LogP contribution in [-0.4, -0.2) is 76.9 Å². The van der Waals surface area contributed by atoms with Gasteiger partial charge in [-0.25, -0.2) is 9.37 Å². The zero-order chi connectivity index (χ0) is 25.2. The fraction of sp³-hybridized carbons (Fsp3) is 0.567. The quantitative estimate of drug-likeness (QED) is 0.380. The Morgan fingerprint density at radius 2 is 1.57 bits per heavy atom. The van der Waals surface area contributed by atoms with Crippen LogP contribution in [0.3, 0.4) is 0 Å². The highest BCUT2D eigenvalue weighted by Crippen LogP contribution is 2.33. The number of halogens is 1. The maximum absolute atomic E-state index is 15.1. The lowest BCUT2D eigenvalue weighted by Gasteiger charge is -2.38. The van der Waals surface area contributed by atoms with Crippen molar-refractivity contribution < 1.29 is 9.13 Å². The van der Waals surface area contributed by atoms with Gasteiger partial charge in [-0.3, -0.25) is 0 Å². The predicted octanol–water partition coefficient (Wildman–Crippen LogP) is 6.08. The minimum atomic E-state index is -0.219. The Kier molecular flexibility index (Phi) is 7.84. The van der Waals surface area contributed by atoms with Crippen LogP contribution in [-0.2, 0) is 4.74 Å². The van der Waals surface area contributed by atoms with Gasteiger partial charge < -0.3 is 18.9 Å². The molecule has 1 unspecified atom stereocenters. The number of imidazole rings is 1. The normalized spacial score (nSPS) is 23.5. The van der Waals surface area contributed by atoms with Crippen LogP contribution in [0.2, 0.25) is 0 Å². The van der Waals surface area contributed by atoms with Crippen LogP contribution < -0.4 is 0 Å². The van der Waals surface area contributed by atoms with Crippen LogP contribution in [0.5, 0.6) is 0 Å². The van der Waals surface area contributed by atoms with E-state index < -0.39 is 0 Å². The number of likely N-dealkylation sites (tertiary alicyclic amines) is 2. The number of pyridine rings is 1. The Hall–Kier alpha value is -1.93. The second-order valence-corrected chi connectivity index (χ2v) is 11.9. The fourth-order valence-electron chi connectivity index (χ4n) is 6.68. The summed E-state index contributed by atoms with van der Waals surface area (Å²) in [5.41, 5.74) is 3.37. The molecule has 1 aromatic carbocycles. The van der Waals surface area contributed by atoms with E-state index >= 15 is 4.39 Å². The van der Waals surface area contributed by atoms with E-state index in [0.717, 1.165) is 62.0 Å². The minimum absolute atomic E-state index is 0.219. The first-order chi connectivity index (χ1) is 18.2. The Labute approximate surface area is 224 Å². The topological polar surface area (TPSA) is 33.0 Å². The lowest BCUT2D eigenvalue weighted by molar-refractivity contribution is 0.0341. The highest BCUT2D eigenvalue weighted by atomic mass is 32.2. The molecule has 3 aliphatic heterocycles. The van der Waals surface area contributed by atoms with Gasteiger partial charge in [0.05, 0.1) is 5.69 Å². The van der Waals surface area contributed by atoms with Crippen LogP contribution in [0, 0.1) is 5.82 Å². The van der Waals surface area contributed by atoms with E-state index in [4.69, 9.17) is 4.74 Å². The van der Waals surface area contributed by atoms with Gasteiger partial charge in [-0.2, -0.15) is 0 Å². The molecule has 37 heavy (non-hydrogen) atoms. The van der Waals surface area contributed by atoms with Gasteiger partial charge in [-0.05, 0) is 107 Å². The second kappa shape index (κ2) is 11.4. The van der Waals surface area contributed by atoms with Gasteiger partial charge in [0.1, 0.15) is 0 Å². The number of nitrogens with zero attached hydrogens (tertiary/aromatic N) is 4. The highest BCUT2D eigenvalue weighted by Gasteiger charge is 2.30. The standard InChI is InChI=1S/C30H39FN4OS/c1-37-27-6-4-23(5-7-27)29-21-35-20-24(19-28(31)30(35)32-29)22-8-14-34(15-9-22)25-3-2-13-33(16-10-25)26-11-17-36-18-12-26/h4-7,19-22,25-26H,2-3,8-18H2,1H3. The number of piperidine rings is 1. The van der Waals surface area contributed by atoms with Crippen molar-refractivity contribution in [1.29, 1.82) is 0 Å². The van der Waals surface area contributed by atoms with Crippen molar-refractivity contribution in [2.24, 2.45) is 0 Å². The average molecular weight is 523 g/mol. The summed E-state index contributed by atoms with van der Waals surface area (Å²) in [6, 6.07) is 11.5. The van der Waals surface area contributed by atoms with Crippen molar-refractivity contribution in [1.82, 2.24) is 19.2 Å². The number of fused-ring (bicyclic) bond motifs is 1. The molecule has 198 valence electrons. The van der Waals surface area contributed by atoms with Crippen LogP contribution in [0.4, 0.5) is 4.39 Å². The molecule has 0 spiro atoms. The molecule has 0 aliphatic carbocycles. The van der Waals surface area contributed by atoms with E-state index in [2.05, 4.69) is 51.5 Å². The number of hydrogen-bond donors (Lipinski definition) is 0. The third-order valence-corrected chi connectivity index (χ3v) is 9.61. The van der Waals surface area contributed by atoms with Crippen LogP contribution >= 0.6 is 11.8 Å². The maximum atomic E-state index is 15.1. The maximum Gasteiger partial charge on any atom is 0.173 e. The summed E-state index contributed by atoms with van der Waals surface area (Å²) < 4.78 is 22.6. The molecule has 0 saturated carbocycles. The molecule has 0 amide bonds. The fourth-order valence-corrected chi connectivity index (χ4v) is 7.09. The summed E-state index contributed by atoms with van der Waals surface area (Å²) >= 11 is 1.72. The van der Waals surface area contributed by atoms with E-state index in [1.807, 2.05) is 10.6 Å². The van der Waals surface area contributed by atoms with Crippen molar-refractivity contribution in [2.75, 3.05) is 45.6 Å². The number of hydrogen-bond acceptors (Lipinski definition) is 5. The average Bonchev–Trinajstić information content (AvgIpc) is 3.24. The van der Waals surface area contributed by atoms with E-state index in [1.54, 1.807) is 17.8 Å². The third kappa shape index (κ3) is 5.60. The van der Waals surface area contributed by atoms with E-state index in [9.17, 15) is 0 Å². The van der Waals surface area contributed by atoms with Crippen molar-refractivity contribution >= 4 is 17.4 Å². The SMILES string of the molecule is CSc1ccc(-c2cn3cc(C4CCN(C5CCCN(C6CCOCC6)CC5)CC4)cc(F)c3n2)cc1. The molecule has 0 bridgehead atoms. The van der Waals surface area contributed by atoms with Gasteiger partial charge >= 0.3 is 0 Å². The summed E-state index contributed by atoms with van der Waals surface area (Å²) in [4.78, 5) is 11.3. The van der Waals surface area contributed by atoms with Gasteiger partial charge in [-0.15, -0.1) is 11.8 Å². The molecule has 5 heterocycles. The summed E-state index contributed by atoms with van der Waals surface area (Å²) in [6.45, 7) is 6.55. The largest absolute Gasteiger partial charge is 0.381 e. The van der Waals surface area contributed by atoms with Crippen LogP contribution in [0.15, 0.2) is 47.6 Å². The number of thioether (sulfide) groups is 1. The molecule has 0 radical (unpaired) electrons. The van der Waals surface area contributed by atoms with Crippen molar-refractivity contribution in [3.05, 3.63) is 54.1 Å². The molecule has 3 aromatic rings. The molecule has 0 N–H and O–H groups in total. The van der Waals surface area contributed by atoms with Crippen molar-refractivity contribution in [3.8, 4) is 11.3 Å². The predicted molar refractivity (Wildman–Crippen MR) is 149 cm³/mol. The van der Waals surface area contributed by atoms with E-state index in [-0.39, 0.29) is 5.82 Å². The smallest absolute Gasteiger partial charge is 0.173 e. The number of ether oxygens (including phenoxy) is 1. The van der Waals surface area contributed by atoms with Crippen molar-refractivity contribution in [3.63, 3.8) is 0 Å². The lowest BCUT2D eigenvalue weighted by Crippen LogP contribution is -2.43. The highest BCUT2D eigenvalue weighted by molar-refractivity contribution is 7.98.